The van der Waals surface area contributed by atoms with Gasteiger partial charge < -0.3 is 21.9 Å². The van der Waals surface area contributed by atoms with Crippen LogP contribution in [0.15, 0.2) is 39.8 Å². The molecule has 2 rings (SSSR count). The van der Waals surface area contributed by atoms with Crippen LogP contribution in [0, 0.1) is 5.92 Å². The van der Waals surface area contributed by atoms with Gasteiger partial charge in [-0.15, -0.1) is 0 Å². The molecular formula is C12H15ClN4O2. The largest absolute Gasteiger partial charge is 0.481 e. The van der Waals surface area contributed by atoms with Crippen LogP contribution in [-0.2, 0) is 4.79 Å². The summed E-state index contributed by atoms with van der Waals surface area (Å²) in [5, 5.41) is 12.6. The second kappa shape index (κ2) is 5.36. The summed E-state index contributed by atoms with van der Waals surface area (Å²) in [5.41, 5.74) is 12.1. The van der Waals surface area contributed by atoms with Crippen molar-refractivity contribution in [3.63, 3.8) is 0 Å². The molecular weight excluding hydrogens is 268 g/mol. The van der Waals surface area contributed by atoms with Gasteiger partial charge in [-0.3, -0.25) is 4.79 Å². The van der Waals surface area contributed by atoms with Gasteiger partial charge in [0, 0.05) is 11.0 Å². The van der Waals surface area contributed by atoms with Gasteiger partial charge in [-0.1, -0.05) is 23.8 Å². The third kappa shape index (κ3) is 3.08. The number of nitrogens with zero attached hydrogens (tertiary/aromatic N) is 1. The fourth-order valence-electron chi connectivity index (χ4n) is 2.12. The number of nitrogens with one attached hydrogen (secondary N) is 1. The Morgan fingerprint density at radius 1 is 1.58 bits per heavy atom. The maximum absolute atomic E-state index is 10.7. The van der Waals surface area contributed by atoms with Crippen molar-refractivity contribution in [3.05, 3.63) is 34.8 Å². The van der Waals surface area contributed by atoms with Crippen molar-refractivity contribution in [2.75, 3.05) is 0 Å². The van der Waals surface area contributed by atoms with E-state index in [1.165, 1.54) is 0 Å². The normalized spacial score (nSPS) is 26.6. The molecule has 2 atom stereocenters. The first-order valence-electron chi connectivity index (χ1n) is 5.81. The molecule has 0 aromatic carbocycles. The Morgan fingerprint density at radius 2 is 2.32 bits per heavy atom. The number of carboxylic acid groups (broad SMARTS) is 1. The third-order valence-electron chi connectivity index (χ3n) is 3.02. The zero-order chi connectivity index (χ0) is 14.0. The van der Waals surface area contributed by atoms with Crippen molar-refractivity contribution in [1.82, 2.24) is 5.32 Å². The number of halogens is 1. The SMILES string of the molecule is NC1=C(N)C([C@H]2C=CC=C(Cl)C2)NC(CC(=O)O)=N1. The molecule has 0 aromatic rings. The van der Waals surface area contributed by atoms with E-state index in [1.54, 1.807) is 0 Å². The van der Waals surface area contributed by atoms with Gasteiger partial charge in [-0.2, -0.15) is 0 Å². The van der Waals surface area contributed by atoms with E-state index >= 15 is 0 Å². The summed E-state index contributed by atoms with van der Waals surface area (Å²) < 4.78 is 0. The molecule has 0 aromatic heterocycles. The average Bonchev–Trinajstić information content (AvgIpc) is 2.32. The summed E-state index contributed by atoms with van der Waals surface area (Å²) in [6, 6.07) is -0.287. The fraction of sp³-hybridized carbons (Fsp3) is 0.333. The van der Waals surface area contributed by atoms with E-state index in [0.717, 1.165) is 5.03 Å². The predicted molar refractivity (Wildman–Crippen MR) is 73.2 cm³/mol. The predicted octanol–water partition coefficient (Wildman–Crippen LogP) is 0.617. The molecule has 102 valence electrons. The summed E-state index contributed by atoms with van der Waals surface area (Å²) in [6.45, 7) is 0. The van der Waals surface area contributed by atoms with Crippen LogP contribution >= 0.6 is 11.6 Å². The monoisotopic (exact) mass is 282 g/mol. The van der Waals surface area contributed by atoms with Crippen molar-refractivity contribution < 1.29 is 9.90 Å². The first-order valence-corrected chi connectivity index (χ1v) is 6.19. The summed E-state index contributed by atoms with van der Waals surface area (Å²) in [4.78, 5) is 14.7. The summed E-state index contributed by atoms with van der Waals surface area (Å²) in [6.07, 6.45) is 6.04. The van der Waals surface area contributed by atoms with Crippen LogP contribution in [0.4, 0.5) is 0 Å². The minimum Gasteiger partial charge on any atom is -0.481 e. The van der Waals surface area contributed by atoms with Gasteiger partial charge in [0.25, 0.3) is 0 Å². The second-order valence-corrected chi connectivity index (χ2v) is 4.94. The number of allylic oxidation sites excluding steroid dienone is 3. The van der Waals surface area contributed by atoms with E-state index in [4.69, 9.17) is 28.2 Å². The molecule has 0 fully saturated rings. The van der Waals surface area contributed by atoms with Gasteiger partial charge in [0.05, 0.1) is 11.7 Å². The number of carboxylic acids is 1. The minimum atomic E-state index is -0.976. The van der Waals surface area contributed by atoms with E-state index < -0.39 is 5.97 Å². The van der Waals surface area contributed by atoms with Gasteiger partial charge in [-0.25, -0.2) is 4.99 Å². The van der Waals surface area contributed by atoms with Crippen molar-refractivity contribution in [1.29, 1.82) is 0 Å². The van der Waals surface area contributed by atoms with Crippen LogP contribution in [0.5, 0.6) is 0 Å². The number of aliphatic carboxylic acids is 1. The van der Waals surface area contributed by atoms with Crippen molar-refractivity contribution in [2.24, 2.45) is 22.4 Å². The molecule has 1 unspecified atom stereocenters. The number of hydrogen-bond donors (Lipinski definition) is 4. The number of amidine groups is 1. The number of aliphatic imine (C=N–C) groups is 1. The summed E-state index contributed by atoms with van der Waals surface area (Å²) >= 11 is 6.01. The molecule has 2 aliphatic rings. The molecule has 0 radical (unpaired) electrons. The Labute approximate surface area is 115 Å². The highest BCUT2D eigenvalue weighted by Gasteiger charge is 2.29. The van der Waals surface area contributed by atoms with Crippen LogP contribution in [0.25, 0.3) is 0 Å². The Hall–Kier alpha value is -1.95. The maximum atomic E-state index is 10.7. The second-order valence-electron chi connectivity index (χ2n) is 4.46. The number of hydrogen-bond acceptors (Lipinski definition) is 5. The number of carbonyl (C=O) groups is 1. The quantitative estimate of drug-likeness (QED) is 0.606. The molecule has 19 heavy (non-hydrogen) atoms. The lowest BCUT2D eigenvalue weighted by Crippen LogP contribution is -2.48. The lowest BCUT2D eigenvalue weighted by molar-refractivity contribution is -0.135. The van der Waals surface area contributed by atoms with Gasteiger partial charge in [-0.05, 0) is 12.5 Å². The van der Waals surface area contributed by atoms with Crippen molar-refractivity contribution in [3.8, 4) is 0 Å². The Bertz CT molecular complexity index is 522. The highest BCUT2D eigenvalue weighted by atomic mass is 35.5. The standard InChI is InChI=1S/C12H15ClN4O2/c13-7-3-1-2-6(4-7)11-10(14)12(15)17-8(16-11)5-9(18)19/h1-3,6,11H,4-5,14-15H2,(H,16,17)(H,18,19)/t6-,11?/m0/s1. The summed E-state index contributed by atoms with van der Waals surface area (Å²) in [7, 11) is 0. The van der Waals surface area contributed by atoms with E-state index in [2.05, 4.69) is 10.3 Å². The molecule has 1 aliphatic heterocycles. The molecule has 0 saturated heterocycles. The van der Waals surface area contributed by atoms with E-state index in [1.807, 2.05) is 18.2 Å². The fourth-order valence-corrected chi connectivity index (χ4v) is 2.37. The van der Waals surface area contributed by atoms with Crippen LogP contribution in [0.1, 0.15) is 12.8 Å². The lowest BCUT2D eigenvalue weighted by atomic mass is 9.89. The molecule has 0 amide bonds. The topological polar surface area (TPSA) is 114 Å². The smallest absolute Gasteiger partial charge is 0.311 e. The van der Waals surface area contributed by atoms with Crippen LogP contribution < -0.4 is 16.8 Å². The molecule has 1 aliphatic carbocycles. The molecule has 6 N–H and O–H groups in total. The minimum absolute atomic E-state index is 0.0235. The van der Waals surface area contributed by atoms with Gasteiger partial charge in [0.15, 0.2) is 0 Å². The van der Waals surface area contributed by atoms with E-state index in [9.17, 15) is 4.79 Å². The average molecular weight is 283 g/mol. The molecule has 0 spiro atoms. The zero-order valence-corrected chi connectivity index (χ0v) is 10.9. The van der Waals surface area contributed by atoms with E-state index in [0.29, 0.717) is 18.0 Å². The maximum Gasteiger partial charge on any atom is 0.311 e. The van der Waals surface area contributed by atoms with Gasteiger partial charge in [0.1, 0.15) is 18.1 Å². The number of nitrogens with two attached hydrogens (primary N) is 2. The van der Waals surface area contributed by atoms with Crippen LogP contribution in [-0.4, -0.2) is 23.0 Å². The third-order valence-corrected chi connectivity index (χ3v) is 3.30. The Morgan fingerprint density at radius 3 is 2.95 bits per heavy atom. The molecule has 0 bridgehead atoms. The molecule has 0 saturated carbocycles. The van der Waals surface area contributed by atoms with Crippen molar-refractivity contribution in [2.45, 2.75) is 18.9 Å². The lowest BCUT2D eigenvalue weighted by Gasteiger charge is -2.31. The van der Waals surface area contributed by atoms with E-state index in [-0.39, 0.29) is 24.2 Å². The Kier molecular flexibility index (Phi) is 3.80. The first-order chi connectivity index (χ1) is 8.97. The van der Waals surface area contributed by atoms with Gasteiger partial charge >= 0.3 is 5.97 Å². The molecule has 1 heterocycles. The zero-order valence-electron chi connectivity index (χ0n) is 10.1. The highest BCUT2D eigenvalue weighted by Crippen LogP contribution is 2.27. The Balaban J connectivity index is 2.19. The molecule has 7 heteroatoms. The van der Waals surface area contributed by atoms with Crippen molar-refractivity contribution >= 4 is 23.4 Å². The van der Waals surface area contributed by atoms with Crippen LogP contribution in [0.3, 0.4) is 0 Å². The van der Waals surface area contributed by atoms with Gasteiger partial charge in [0.2, 0.25) is 0 Å². The highest BCUT2D eigenvalue weighted by molar-refractivity contribution is 6.29. The summed E-state index contributed by atoms with van der Waals surface area (Å²) in [5.74, 6) is -0.479. The van der Waals surface area contributed by atoms with Crippen LogP contribution in [0.2, 0.25) is 0 Å². The number of rotatable bonds is 3. The molecule has 6 nitrogen and oxygen atoms in total. The first kappa shape index (κ1) is 13.5.